The number of aliphatic carboxylic acids is 1. The quantitative estimate of drug-likeness (QED) is 0.651. The number of nitrogens with zero attached hydrogens (tertiary/aromatic N) is 1. The lowest BCUT2D eigenvalue weighted by molar-refractivity contribution is -0.150. The maximum atomic E-state index is 13.4. The Kier molecular flexibility index (Phi) is 5.01. The van der Waals surface area contributed by atoms with Crippen molar-refractivity contribution in [3.8, 4) is 0 Å². The van der Waals surface area contributed by atoms with Crippen LogP contribution in [0.15, 0.2) is 60.7 Å². The Bertz CT molecular complexity index is 1030. The second-order valence-corrected chi connectivity index (χ2v) is 7.68. The van der Waals surface area contributed by atoms with Crippen LogP contribution in [0, 0.1) is 18.8 Å². The fraction of sp³-hybridized carbons (Fsp3) is 0.261. The topological polar surface area (TPSA) is 107 Å². The molecule has 0 radical (unpaired) electrons. The van der Waals surface area contributed by atoms with E-state index in [1.807, 2.05) is 30.3 Å². The van der Waals surface area contributed by atoms with Crippen LogP contribution in [0.1, 0.15) is 11.1 Å². The van der Waals surface area contributed by atoms with E-state index in [-0.39, 0.29) is 0 Å². The zero-order chi connectivity index (χ0) is 21.5. The number of amides is 2. The molecule has 0 spiro atoms. The molecule has 2 aliphatic heterocycles. The summed E-state index contributed by atoms with van der Waals surface area (Å²) in [5, 5.41) is 22.8. The van der Waals surface area contributed by atoms with Crippen LogP contribution in [-0.4, -0.2) is 46.2 Å². The lowest BCUT2D eigenvalue weighted by Crippen LogP contribution is -2.59. The number of carboxylic acids is 1. The highest BCUT2D eigenvalue weighted by Gasteiger charge is 2.68. The van der Waals surface area contributed by atoms with Crippen molar-refractivity contribution < 1.29 is 24.6 Å². The van der Waals surface area contributed by atoms with Crippen LogP contribution in [0.5, 0.6) is 0 Å². The number of carboxylic acid groups (broad SMARTS) is 1. The molecule has 3 N–H and O–H groups in total. The van der Waals surface area contributed by atoms with Gasteiger partial charge in [0, 0.05) is 6.04 Å². The van der Waals surface area contributed by atoms with Crippen molar-refractivity contribution in [2.24, 2.45) is 11.8 Å². The summed E-state index contributed by atoms with van der Waals surface area (Å²) in [6.45, 7) is 0.978. The van der Waals surface area contributed by atoms with Gasteiger partial charge >= 0.3 is 5.97 Å². The van der Waals surface area contributed by atoms with Crippen LogP contribution in [0.3, 0.4) is 0 Å². The van der Waals surface area contributed by atoms with Crippen molar-refractivity contribution in [2.75, 3.05) is 11.5 Å². The maximum Gasteiger partial charge on any atom is 0.327 e. The van der Waals surface area contributed by atoms with Crippen molar-refractivity contribution in [2.45, 2.75) is 18.5 Å². The lowest BCUT2D eigenvalue weighted by atomic mass is 9.80. The fourth-order valence-electron chi connectivity index (χ4n) is 4.45. The zero-order valence-electron chi connectivity index (χ0n) is 16.4. The number of hydrogen-bond donors (Lipinski definition) is 3. The second-order valence-electron chi connectivity index (χ2n) is 7.68. The summed E-state index contributed by atoms with van der Waals surface area (Å²) < 4.78 is 0. The van der Waals surface area contributed by atoms with E-state index in [4.69, 9.17) is 0 Å². The first-order chi connectivity index (χ1) is 14.4. The summed E-state index contributed by atoms with van der Waals surface area (Å²) in [5.74, 6) is -4.58. The first-order valence-electron chi connectivity index (χ1n) is 9.69. The first kappa shape index (κ1) is 20.0. The van der Waals surface area contributed by atoms with Gasteiger partial charge in [-0.05, 0) is 24.1 Å². The Morgan fingerprint density at radius 2 is 1.77 bits per heavy atom. The highest BCUT2D eigenvalue weighted by molar-refractivity contribution is 6.24. The third-order valence-corrected chi connectivity index (χ3v) is 5.98. The number of aliphatic hydroxyl groups is 1. The van der Waals surface area contributed by atoms with Crippen molar-refractivity contribution in [1.29, 1.82) is 0 Å². The van der Waals surface area contributed by atoms with Gasteiger partial charge in [0.1, 0.15) is 0 Å². The Balaban J connectivity index is 1.78. The largest absolute Gasteiger partial charge is 0.480 e. The normalized spacial score (nSPS) is 28.3. The van der Waals surface area contributed by atoms with Crippen molar-refractivity contribution in [1.82, 2.24) is 5.32 Å². The minimum atomic E-state index is -1.93. The summed E-state index contributed by atoms with van der Waals surface area (Å²) >= 11 is 0. The third kappa shape index (κ3) is 2.94. The van der Waals surface area contributed by atoms with Gasteiger partial charge in [-0.2, -0.15) is 0 Å². The standard InChI is InChI=1S/C23H22N2O5/c1-14-7-5-6-10-17(14)25-20(27)18-16(12-11-15-8-3-2-4-9-15)24-23(13-26,22(29)30)19(18)21(25)28/h2-12,16,18-19,24,26H,13H2,1H3,(H,29,30). The number of carbonyl (C=O) groups is 3. The minimum Gasteiger partial charge on any atom is -0.480 e. The van der Waals surface area contributed by atoms with Gasteiger partial charge in [0.05, 0.1) is 24.1 Å². The molecule has 4 rings (SSSR count). The number of carbonyl (C=O) groups excluding carboxylic acids is 2. The summed E-state index contributed by atoms with van der Waals surface area (Å²) in [5.41, 5.74) is 0.110. The molecule has 0 aromatic heterocycles. The molecule has 0 bridgehead atoms. The fourth-order valence-corrected chi connectivity index (χ4v) is 4.45. The molecule has 2 aliphatic rings. The van der Waals surface area contributed by atoms with Crippen LogP contribution < -0.4 is 10.2 Å². The Morgan fingerprint density at radius 1 is 1.10 bits per heavy atom. The van der Waals surface area contributed by atoms with Crippen LogP contribution in [0.2, 0.25) is 0 Å². The summed E-state index contributed by atoms with van der Waals surface area (Å²) in [4.78, 5) is 39.9. The number of aryl methyl sites for hydroxylation is 1. The van der Waals surface area contributed by atoms with E-state index in [0.717, 1.165) is 16.0 Å². The number of nitrogens with one attached hydrogen (secondary N) is 1. The molecule has 2 aromatic carbocycles. The lowest BCUT2D eigenvalue weighted by Gasteiger charge is -2.29. The molecule has 2 saturated heterocycles. The van der Waals surface area contributed by atoms with Gasteiger partial charge in [0.2, 0.25) is 11.8 Å². The molecular weight excluding hydrogens is 384 g/mol. The Labute approximate surface area is 173 Å². The second kappa shape index (κ2) is 7.51. The van der Waals surface area contributed by atoms with E-state index in [1.165, 1.54) is 0 Å². The highest BCUT2D eigenvalue weighted by Crippen LogP contribution is 2.45. The number of aliphatic hydroxyl groups excluding tert-OH is 1. The average molecular weight is 406 g/mol. The number of anilines is 1. The molecule has 154 valence electrons. The predicted molar refractivity (Wildman–Crippen MR) is 111 cm³/mol. The number of rotatable bonds is 5. The van der Waals surface area contributed by atoms with Crippen LogP contribution in [-0.2, 0) is 14.4 Å². The number of benzene rings is 2. The predicted octanol–water partition coefficient (Wildman–Crippen LogP) is 1.60. The van der Waals surface area contributed by atoms with E-state index in [0.29, 0.717) is 5.69 Å². The molecule has 4 atom stereocenters. The SMILES string of the molecule is Cc1ccccc1N1C(=O)C2C(C=Cc3ccccc3)NC(CO)(C(=O)O)C2C1=O. The number of fused-ring (bicyclic) bond motifs is 1. The van der Waals surface area contributed by atoms with Gasteiger partial charge in [-0.25, -0.2) is 4.90 Å². The Morgan fingerprint density at radius 3 is 2.40 bits per heavy atom. The molecular formula is C23H22N2O5. The number of imide groups is 1. The molecule has 7 heteroatoms. The third-order valence-electron chi connectivity index (χ3n) is 5.98. The Hall–Kier alpha value is -3.29. The van der Waals surface area contributed by atoms with Crippen molar-refractivity contribution in [3.63, 3.8) is 0 Å². The van der Waals surface area contributed by atoms with Gasteiger partial charge in [-0.15, -0.1) is 0 Å². The molecule has 4 unspecified atom stereocenters. The molecule has 0 saturated carbocycles. The smallest absolute Gasteiger partial charge is 0.327 e. The molecule has 30 heavy (non-hydrogen) atoms. The molecule has 0 aliphatic carbocycles. The first-order valence-corrected chi connectivity index (χ1v) is 9.69. The van der Waals surface area contributed by atoms with E-state index in [2.05, 4.69) is 5.32 Å². The zero-order valence-corrected chi connectivity index (χ0v) is 16.4. The van der Waals surface area contributed by atoms with Gasteiger partial charge in [-0.1, -0.05) is 60.7 Å². The van der Waals surface area contributed by atoms with Gasteiger partial charge in [-0.3, -0.25) is 19.7 Å². The number of hydrogen-bond acceptors (Lipinski definition) is 5. The van der Waals surface area contributed by atoms with Gasteiger partial charge in [0.25, 0.3) is 0 Å². The van der Waals surface area contributed by atoms with Crippen molar-refractivity contribution >= 4 is 29.5 Å². The average Bonchev–Trinajstić information content (AvgIpc) is 3.22. The van der Waals surface area contributed by atoms with E-state index < -0.39 is 47.8 Å². The van der Waals surface area contributed by atoms with Crippen LogP contribution >= 0.6 is 0 Å². The molecule has 2 heterocycles. The van der Waals surface area contributed by atoms with E-state index >= 15 is 0 Å². The minimum absolute atomic E-state index is 0.435. The molecule has 7 nitrogen and oxygen atoms in total. The molecule has 2 fully saturated rings. The van der Waals surface area contributed by atoms with Gasteiger partial charge in [0.15, 0.2) is 5.54 Å². The van der Waals surface area contributed by atoms with Gasteiger partial charge < -0.3 is 10.2 Å². The monoisotopic (exact) mass is 406 g/mol. The van der Waals surface area contributed by atoms with E-state index in [9.17, 15) is 24.6 Å². The maximum absolute atomic E-state index is 13.4. The van der Waals surface area contributed by atoms with E-state index in [1.54, 1.807) is 43.3 Å². The van der Waals surface area contributed by atoms with Crippen LogP contribution in [0.4, 0.5) is 5.69 Å². The van der Waals surface area contributed by atoms with Crippen LogP contribution in [0.25, 0.3) is 6.08 Å². The van der Waals surface area contributed by atoms with Crippen molar-refractivity contribution in [3.05, 3.63) is 71.8 Å². The molecule has 2 aromatic rings. The summed E-state index contributed by atoms with van der Waals surface area (Å²) in [6.07, 6.45) is 3.47. The summed E-state index contributed by atoms with van der Waals surface area (Å²) in [7, 11) is 0. The highest BCUT2D eigenvalue weighted by atomic mass is 16.4. The molecule has 2 amide bonds. The number of para-hydroxylation sites is 1. The summed E-state index contributed by atoms with van der Waals surface area (Å²) in [6, 6.07) is 15.6.